The van der Waals surface area contributed by atoms with Crippen LogP contribution in [0.15, 0.2) is 24.3 Å². The van der Waals surface area contributed by atoms with Gasteiger partial charge >= 0.3 is 0 Å². The van der Waals surface area contributed by atoms with Crippen molar-refractivity contribution in [3.63, 3.8) is 0 Å². The van der Waals surface area contributed by atoms with E-state index in [9.17, 15) is 4.79 Å². The van der Waals surface area contributed by atoms with Gasteiger partial charge in [-0.25, -0.2) is 0 Å². The van der Waals surface area contributed by atoms with Crippen LogP contribution in [0.1, 0.15) is 0 Å². The molecule has 20 heavy (non-hydrogen) atoms. The molecule has 0 bridgehead atoms. The fourth-order valence-corrected chi connectivity index (χ4v) is 1.77. The van der Waals surface area contributed by atoms with Gasteiger partial charge in [0.05, 0.1) is 32.6 Å². The molecule has 0 fully saturated rings. The molecule has 0 aliphatic heterocycles. The maximum absolute atomic E-state index is 12.0. The highest BCUT2D eigenvalue weighted by Crippen LogP contribution is 2.22. The number of aliphatic hydroxyl groups excluding tert-OH is 1. The molecule has 0 heterocycles. The molecule has 0 spiro atoms. The summed E-state index contributed by atoms with van der Waals surface area (Å²) in [5.74, 6) is 0.463. The third-order valence-electron chi connectivity index (χ3n) is 2.78. The van der Waals surface area contributed by atoms with Gasteiger partial charge in [0, 0.05) is 20.2 Å². The highest BCUT2D eigenvalue weighted by atomic mass is 16.5. The van der Waals surface area contributed by atoms with E-state index in [0.717, 1.165) is 0 Å². The van der Waals surface area contributed by atoms with E-state index in [1.165, 1.54) is 0 Å². The summed E-state index contributed by atoms with van der Waals surface area (Å²) in [7, 11) is 3.16. The molecule has 0 aliphatic rings. The number of benzene rings is 1. The minimum atomic E-state index is -0.154. The Morgan fingerprint density at radius 2 is 2.05 bits per heavy atom. The number of aliphatic hydroxyl groups is 1. The third-order valence-corrected chi connectivity index (χ3v) is 2.78. The van der Waals surface area contributed by atoms with Gasteiger partial charge in [0.2, 0.25) is 5.91 Å². The molecular formula is C14H22N2O4. The number of rotatable bonds is 9. The Hall–Kier alpha value is -1.63. The number of carbonyl (C=O) groups is 1. The van der Waals surface area contributed by atoms with Crippen LogP contribution in [0, 0.1) is 0 Å². The zero-order valence-electron chi connectivity index (χ0n) is 12.0. The second-order valence-electron chi connectivity index (χ2n) is 4.24. The summed E-state index contributed by atoms with van der Waals surface area (Å²) in [5, 5.41) is 11.8. The summed E-state index contributed by atoms with van der Waals surface area (Å²) in [5.41, 5.74) is 0.635. The lowest BCUT2D eigenvalue weighted by Gasteiger charge is -2.20. The van der Waals surface area contributed by atoms with Crippen molar-refractivity contribution in [3.8, 4) is 5.75 Å². The summed E-state index contributed by atoms with van der Waals surface area (Å²) in [6.45, 7) is 1.74. The monoisotopic (exact) mass is 282 g/mol. The summed E-state index contributed by atoms with van der Waals surface area (Å²) in [6.07, 6.45) is 0. The number of hydrogen-bond acceptors (Lipinski definition) is 5. The Morgan fingerprint density at radius 3 is 2.70 bits per heavy atom. The number of para-hydroxylation sites is 2. The molecule has 0 unspecified atom stereocenters. The van der Waals surface area contributed by atoms with Crippen LogP contribution in [0.5, 0.6) is 5.75 Å². The third kappa shape index (κ3) is 5.56. The summed E-state index contributed by atoms with van der Waals surface area (Å²) in [4.78, 5) is 13.8. The van der Waals surface area contributed by atoms with Crippen LogP contribution < -0.4 is 10.1 Å². The highest BCUT2D eigenvalue weighted by molar-refractivity contribution is 5.93. The number of methoxy groups -OCH3 is 2. The summed E-state index contributed by atoms with van der Waals surface area (Å²) >= 11 is 0. The van der Waals surface area contributed by atoms with Crippen LogP contribution in [-0.2, 0) is 9.53 Å². The van der Waals surface area contributed by atoms with Crippen molar-refractivity contribution in [1.82, 2.24) is 4.90 Å². The van der Waals surface area contributed by atoms with Gasteiger partial charge in [0.15, 0.2) is 0 Å². The van der Waals surface area contributed by atoms with Gasteiger partial charge < -0.3 is 19.9 Å². The van der Waals surface area contributed by atoms with Gasteiger partial charge in [0.25, 0.3) is 0 Å². The molecule has 1 aromatic carbocycles. The number of hydrogen-bond donors (Lipinski definition) is 2. The molecule has 0 saturated heterocycles. The van der Waals surface area contributed by atoms with E-state index < -0.39 is 0 Å². The molecule has 0 atom stereocenters. The summed E-state index contributed by atoms with van der Waals surface area (Å²) < 4.78 is 10.2. The maximum atomic E-state index is 12.0. The zero-order valence-corrected chi connectivity index (χ0v) is 12.0. The zero-order chi connectivity index (χ0) is 14.8. The van der Waals surface area contributed by atoms with Gasteiger partial charge in [-0.05, 0) is 12.1 Å². The van der Waals surface area contributed by atoms with Crippen LogP contribution in [0.2, 0.25) is 0 Å². The fourth-order valence-electron chi connectivity index (χ4n) is 1.77. The first-order valence-corrected chi connectivity index (χ1v) is 6.46. The van der Waals surface area contributed by atoms with Crippen LogP contribution in [0.3, 0.4) is 0 Å². The predicted molar refractivity (Wildman–Crippen MR) is 77.0 cm³/mol. The van der Waals surface area contributed by atoms with Gasteiger partial charge in [0.1, 0.15) is 5.75 Å². The van der Waals surface area contributed by atoms with Crippen LogP contribution in [0.25, 0.3) is 0 Å². The highest BCUT2D eigenvalue weighted by Gasteiger charge is 2.12. The van der Waals surface area contributed by atoms with Crippen molar-refractivity contribution in [2.75, 3.05) is 52.4 Å². The first kappa shape index (κ1) is 16.4. The van der Waals surface area contributed by atoms with E-state index >= 15 is 0 Å². The Labute approximate surface area is 119 Å². The van der Waals surface area contributed by atoms with Gasteiger partial charge in [-0.2, -0.15) is 0 Å². The molecule has 0 saturated carbocycles. The molecule has 0 radical (unpaired) electrons. The Morgan fingerprint density at radius 1 is 1.30 bits per heavy atom. The Bertz CT molecular complexity index is 412. The first-order valence-electron chi connectivity index (χ1n) is 6.46. The topological polar surface area (TPSA) is 71.0 Å². The first-order chi connectivity index (χ1) is 9.71. The molecular weight excluding hydrogens is 260 g/mol. The number of carbonyl (C=O) groups excluding carboxylic acids is 1. The second-order valence-corrected chi connectivity index (χ2v) is 4.24. The normalized spacial score (nSPS) is 10.6. The van der Waals surface area contributed by atoms with Crippen LogP contribution >= 0.6 is 0 Å². The lowest BCUT2D eigenvalue weighted by molar-refractivity contribution is -0.117. The van der Waals surface area contributed by atoms with Crippen molar-refractivity contribution in [2.45, 2.75) is 0 Å². The van der Waals surface area contributed by atoms with E-state index in [1.54, 1.807) is 26.4 Å². The SMILES string of the molecule is COCCN(CCO)CC(=O)Nc1ccccc1OC. The fraction of sp³-hybridized carbons (Fsp3) is 0.500. The van der Waals surface area contributed by atoms with Crippen molar-refractivity contribution in [3.05, 3.63) is 24.3 Å². The maximum Gasteiger partial charge on any atom is 0.238 e. The van der Waals surface area contributed by atoms with Gasteiger partial charge in [-0.1, -0.05) is 12.1 Å². The van der Waals surface area contributed by atoms with E-state index in [1.807, 2.05) is 17.0 Å². The molecule has 1 rings (SSSR count). The number of anilines is 1. The Kier molecular flexibility index (Phi) is 7.64. The largest absolute Gasteiger partial charge is 0.495 e. The smallest absolute Gasteiger partial charge is 0.238 e. The Balaban J connectivity index is 2.56. The van der Waals surface area contributed by atoms with Crippen molar-refractivity contribution < 1.29 is 19.4 Å². The van der Waals surface area contributed by atoms with Crippen molar-refractivity contribution >= 4 is 11.6 Å². The van der Waals surface area contributed by atoms with E-state index in [0.29, 0.717) is 31.1 Å². The van der Waals surface area contributed by atoms with E-state index in [2.05, 4.69) is 5.32 Å². The average Bonchev–Trinajstić information content (AvgIpc) is 2.45. The second kappa shape index (κ2) is 9.30. The summed E-state index contributed by atoms with van der Waals surface area (Å²) in [6, 6.07) is 7.23. The molecule has 1 aromatic rings. The average molecular weight is 282 g/mol. The number of amides is 1. The number of ether oxygens (including phenoxy) is 2. The van der Waals surface area contributed by atoms with Crippen LogP contribution in [0.4, 0.5) is 5.69 Å². The van der Waals surface area contributed by atoms with Crippen LogP contribution in [-0.4, -0.2) is 63.0 Å². The number of nitrogens with one attached hydrogen (secondary N) is 1. The lowest BCUT2D eigenvalue weighted by Crippen LogP contribution is -2.37. The van der Waals surface area contributed by atoms with E-state index in [4.69, 9.17) is 14.6 Å². The molecule has 1 amide bonds. The quantitative estimate of drug-likeness (QED) is 0.693. The molecule has 6 nitrogen and oxygen atoms in total. The van der Waals surface area contributed by atoms with Gasteiger partial charge in [-0.15, -0.1) is 0 Å². The standard InChI is InChI=1S/C14H22N2O4/c1-19-10-8-16(7-9-17)11-14(18)15-12-5-3-4-6-13(12)20-2/h3-6,17H,7-11H2,1-2H3,(H,15,18). The minimum absolute atomic E-state index is 0.00561. The van der Waals surface area contributed by atoms with Gasteiger partial charge in [-0.3, -0.25) is 9.69 Å². The van der Waals surface area contributed by atoms with E-state index in [-0.39, 0.29) is 19.1 Å². The lowest BCUT2D eigenvalue weighted by atomic mass is 10.3. The molecule has 2 N–H and O–H groups in total. The molecule has 6 heteroatoms. The molecule has 0 aromatic heterocycles. The van der Waals surface area contributed by atoms with Crippen molar-refractivity contribution in [1.29, 1.82) is 0 Å². The minimum Gasteiger partial charge on any atom is -0.495 e. The molecule has 0 aliphatic carbocycles. The van der Waals surface area contributed by atoms with Crippen molar-refractivity contribution in [2.24, 2.45) is 0 Å². The predicted octanol–water partition coefficient (Wildman–Crippen LogP) is 0.574. The molecule has 112 valence electrons. The number of nitrogens with zero attached hydrogens (tertiary/aromatic N) is 1.